The highest BCUT2D eigenvalue weighted by molar-refractivity contribution is 5.98. The highest BCUT2D eigenvalue weighted by atomic mass is 16.5. The first-order chi connectivity index (χ1) is 21.2. The molecule has 2 aliphatic heterocycles. The van der Waals surface area contributed by atoms with Crippen LogP contribution in [-0.2, 0) is 19.1 Å². The molecule has 0 unspecified atom stereocenters. The third-order valence-electron chi connectivity index (χ3n) is 8.35. The zero-order valence-corrected chi connectivity index (χ0v) is 25.6. The number of likely N-dealkylation sites (tertiary alicyclic amines) is 2. The molecule has 1 aromatic heterocycles. The predicted octanol–water partition coefficient (Wildman–Crippen LogP) is 4.74. The maximum absolute atomic E-state index is 13.1. The Hall–Kier alpha value is -4.67. The Morgan fingerprint density at radius 1 is 0.864 bits per heavy atom. The molecule has 11 nitrogen and oxygen atoms in total. The fourth-order valence-corrected chi connectivity index (χ4v) is 5.96. The quantitative estimate of drug-likeness (QED) is 0.342. The number of aromatic nitrogens is 2. The summed E-state index contributed by atoms with van der Waals surface area (Å²) >= 11 is 0. The lowest BCUT2D eigenvalue weighted by Gasteiger charge is -2.27. The van der Waals surface area contributed by atoms with Crippen molar-refractivity contribution in [3.63, 3.8) is 0 Å². The molecule has 0 aliphatic carbocycles. The Balaban J connectivity index is 1.20. The normalized spacial score (nSPS) is 18.8. The molecule has 44 heavy (non-hydrogen) atoms. The first kappa shape index (κ1) is 30.8. The number of imidazole rings is 1. The SMILES string of the molecule is COC(=O)N[C@@H](C)C(=O)N1CCC[C@H]1C(=O)Nc1ccc(-c2ccc(-c3cnc([C@@H]4CCCN4C(=O)C(C)C)[nH]3)cc2)cc1. The van der Waals surface area contributed by atoms with Crippen molar-refractivity contribution in [2.45, 2.75) is 64.6 Å². The van der Waals surface area contributed by atoms with E-state index in [4.69, 9.17) is 0 Å². The third-order valence-corrected chi connectivity index (χ3v) is 8.35. The maximum Gasteiger partial charge on any atom is 0.407 e. The summed E-state index contributed by atoms with van der Waals surface area (Å²) in [4.78, 5) is 61.6. The largest absolute Gasteiger partial charge is 0.453 e. The van der Waals surface area contributed by atoms with E-state index in [0.717, 1.165) is 47.6 Å². The van der Waals surface area contributed by atoms with Crippen LogP contribution >= 0.6 is 0 Å². The van der Waals surface area contributed by atoms with Crippen LogP contribution < -0.4 is 10.6 Å². The lowest BCUT2D eigenvalue weighted by Crippen LogP contribution is -2.51. The molecule has 2 saturated heterocycles. The number of ether oxygens (including phenoxy) is 1. The highest BCUT2D eigenvalue weighted by Crippen LogP contribution is 2.33. The number of hydrogen-bond donors (Lipinski definition) is 3. The minimum atomic E-state index is -0.796. The predicted molar refractivity (Wildman–Crippen MR) is 166 cm³/mol. The number of aromatic amines is 1. The molecule has 11 heteroatoms. The van der Waals surface area contributed by atoms with Crippen LogP contribution in [0, 0.1) is 5.92 Å². The van der Waals surface area contributed by atoms with Gasteiger partial charge in [-0.3, -0.25) is 14.4 Å². The van der Waals surface area contributed by atoms with E-state index in [-0.39, 0.29) is 29.7 Å². The van der Waals surface area contributed by atoms with Crippen molar-refractivity contribution in [1.82, 2.24) is 25.1 Å². The first-order valence-corrected chi connectivity index (χ1v) is 15.2. The van der Waals surface area contributed by atoms with Gasteiger partial charge in [-0.25, -0.2) is 9.78 Å². The zero-order valence-electron chi connectivity index (χ0n) is 25.6. The average molecular weight is 601 g/mol. The van der Waals surface area contributed by atoms with Gasteiger partial charge in [-0.2, -0.15) is 0 Å². The summed E-state index contributed by atoms with van der Waals surface area (Å²) in [6.45, 7) is 6.66. The van der Waals surface area contributed by atoms with Gasteiger partial charge in [0, 0.05) is 24.7 Å². The van der Waals surface area contributed by atoms with Crippen molar-refractivity contribution in [1.29, 1.82) is 0 Å². The number of methoxy groups -OCH3 is 1. The van der Waals surface area contributed by atoms with Gasteiger partial charge in [-0.05, 0) is 61.4 Å². The van der Waals surface area contributed by atoms with Crippen LogP contribution in [0.3, 0.4) is 0 Å². The number of rotatable bonds is 8. The summed E-state index contributed by atoms with van der Waals surface area (Å²) in [5.41, 5.74) is 4.56. The summed E-state index contributed by atoms with van der Waals surface area (Å²) in [6.07, 6.45) is 4.28. The number of amides is 4. The third kappa shape index (κ3) is 6.61. The lowest BCUT2D eigenvalue weighted by molar-refractivity contribution is -0.138. The van der Waals surface area contributed by atoms with Crippen molar-refractivity contribution >= 4 is 29.5 Å². The summed E-state index contributed by atoms with van der Waals surface area (Å²) in [5.74, 6) is 0.371. The molecule has 232 valence electrons. The number of alkyl carbamates (subject to hydrolysis) is 1. The standard InChI is InChI=1S/C33H40N6O5/c1-20(2)31(41)38-17-5-7-27(38)29-34-19-26(37-29)24-11-9-22(10-12-24)23-13-15-25(16-14-23)36-30(40)28-8-6-18-39(28)32(42)21(3)35-33(43)44-4/h9-16,19-21,27-28H,5-8,17-18H2,1-4H3,(H,34,37)(H,35,43)(H,36,40)/t21-,27-,28-/m0/s1. The minimum Gasteiger partial charge on any atom is -0.453 e. The molecule has 0 spiro atoms. The molecule has 3 aromatic rings. The van der Waals surface area contributed by atoms with Gasteiger partial charge in [0.05, 0.1) is 25.0 Å². The molecule has 3 N–H and O–H groups in total. The van der Waals surface area contributed by atoms with E-state index in [1.165, 1.54) is 12.0 Å². The molecular weight excluding hydrogens is 560 g/mol. The van der Waals surface area contributed by atoms with E-state index in [9.17, 15) is 19.2 Å². The molecule has 0 bridgehead atoms. The number of carbonyl (C=O) groups excluding carboxylic acids is 4. The highest BCUT2D eigenvalue weighted by Gasteiger charge is 2.36. The summed E-state index contributed by atoms with van der Waals surface area (Å²) in [5, 5.41) is 5.40. The molecule has 3 heterocycles. The molecule has 2 fully saturated rings. The van der Waals surface area contributed by atoms with E-state index in [1.54, 1.807) is 6.92 Å². The van der Waals surface area contributed by atoms with E-state index in [2.05, 4.69) is 25.3 Å². The first-order valence-electron chi connectivity index (χ1n) is 15.2. The number of anilines is 1. The van der Waals surface area contributed by atoms with Gasteiger partial charge in [-0.1, -0.05) is 50.2 Å². The monoisotopic (exact) mass is 600 g/mol. The summed E-state index contributed by atoms with van der Waals surface area (Å²) in [7, 11) is 1.23. The second-order valence-electron chi connectivity index (χ2n) is 11.7. The minimum absolute atomic E-state index is 0.0127. The van der Waals surface area contributed by atoms with Crippen LogP contribution in [0.4, 0.5) is 10.5 Å². The van der Waals surface area contributed by atoms with Crippen LogP contribution in [0.1, 0.15) is 58.3 Å². The number of nitrogens with zero attached hydrogens (tertiary/aromatic N) is 3. The average Bonchev–Trinajstić information content (AvgIpc) is 3.81. The number of carbonyl (C=O) groups is 4. The topological polar surface area (TPSA) is 137 Å². The number of hydrogen-bond acceptors (Lipinski definition) is 6. The van der Waals surface area contributed by atoms with E-state index in [1.807, 2.05) is 73.5 Å². The van der Waals surface area contributed by atoms with Gasteiger partial charge in [0.2, 0.25) is 17.7 Å². The molecule has 2 aromatic carbocycles. The number of H-pyrrole nitrogens is 1. The van der Waals surface area contributed by atoms with E-state index >= 15 is 0 Å². The van der Waals surface area contributed by atoms with Gasteiger partial charge in [0.1, 0.15) is 17.9 Å². The van der Waals surface area contributed by atoms with Gasteiger partial charge >= 0.3 is 6.09 Å². The second kappa shape index (κ2) is 13.3. The van der Waals surface area contributed by atoms with Gasteiger partial charge in [0.25, 0.3) is 0 Å². The Morgan fingerprint density at radius 2 is 1.48 bits per heavy atom. The van der Waals surface area contributed by atoms with E-state index in [0.29, 0.717) is 25.1 Å². The smallest absolute Gasteiger partial charge is 0.407 e. The van der Waals surface area contributed by atoms with Crippen molar-refractivity contribution in [2.24, 2.45) is 5.92 Å². The molecule has 5 rings (SSSR count). The van der Waals surface area contributed by atoms with Crippen molar-refractivity contribution in [3.8, 4) is 22.4 Å². The molecule has 3 atom stereocenters. The fraction of sp³-hybridized carbons (Fsp3) is 0.424. The van der Waals surface area contributed by atoms with Gasteiger partial charge in [0.15, 0.2) is 0 Å². The molecule has 2 aliphatic rings. The molecule has 0 radical (unpaired) electrons. The van der Waals surface area contributed by atoms with Crippen LogP contribution in [0.5, 0.6) is 0 Å². The summed E-state index contributed by atoms with van der Waals surface area (Å²) < 4.78 is 4.57. The van der Waals surface area contributed by atoms with Crippen LogP contribution in [-0.4, -0.2) is 75.9 Å². The Kier molecular flexibility index (Phi) is 9.32. The van der Waals surface area contributed by atoms with Crippen LogP contribution in [0.15, 0.2) is 54.7 Å². The number of nitrogens with one attached hydrogen (secondary N) is 3. The fourth-order valence-electron chi connectivity index (χ4n) is 5.96. The van der Waals surface area contributed by atoms with Gasteiger partial charge in [-0.15, -0.1) is 0 Å². The molecule has 4 amide bonds. The van der Waals surface area contributed by atoms with Crippen LogP contribution in [0.25, 0.3) is 22.4 Å². The molecule has 0 saturated carbocycles. The molecular formula is C33H40N6O5. The van der Waals surface area contributed by atoms with Crippen molar-refractivity contribution in [3.05, 3.63) is 60.6 Å². The zero-order chi connectivity index (χ0) is 31.4. The van der Waals surface area contributed by atoms with E-state index < -0.39 is 18.2 Å². The van der Waals surface area contributed by atoms with Crippen molar-refractivity contribution < 1.29 is 23.9 Å². The van der Waals surface area contributed by atoms with Crippen LogP contribution in [0.2, 0.25) is 0 Å². The maximum atomic E-state index is 13.1. The summed E-state index contributed by atoms with van der Waals surface area (Å²) in [6, 6.07) is 14.3. The van der Waals surface area contributed by atoms with Gasteiger partial charge < -0.3 is 30.2 Å². The number of benzene rings is 2. The van der Waals surface area contributed by atoms with Crippen molar-refractivity contribution in [2.75, 3.05) is 25.5 Å². The Morgan fingerprint density at radius 3 is 2.14 bits per heavy atom. The second-order valence-corrected chi connectivity index (χ2v) is 11.7. The Bertz CT molecular complexity index is 1500. The lowest BCUT2D eigenvalue weighted by atomic mass is 10.0. The Labute approximate surface area is 257 Å².